The third-order valence-electron chi connectivity index (χ3n) is 4.38. The fraction of sp³-hybridized carbons (Fsp3) is 0.278. The minimum absolute atomic E-state index is 0.00425. The van der Waals surface area contributed by atoms with Crippen molar-refractivity contribution in [2.24, 2.45) is 0 Å². The van der Waals surface area contributed by atoms with Crippen molar-refractivity contribution in [3.63, 3.8) is 0 Å². The van der Waals surface area contributed by atoms with Crippen LogP contribution >= 0.6 is 0 Å². The molecule has 1 saturated heterocycles. The van der Waals surface area contributed by atoms with Gasteiger partial charge in [-0.05, 0) is 30.2 Å². The van der Waals surface area contributed by atoms with Gasteiger partial charge in [0.2, 0.25) is 0 Å². The summed E-state index contributed by atoms with van der Waals surface area (Å²) in [5.41, 5.74) is 1.64. The molecule has 7 nitrogen and oxygen atoms in total. The normalized spacial score (nSPS) is 16.5. The zero-order chi connectivity index (χ0) is 17.8. The van der Waals surface area contributed by atoms with Gasteiger partial charge in [-0.25, -0.2) is 4.79 Å². The molecule has 1 atom stereocenters. The van der Waals surface area contributed by atoms with Gasteiger partial charge in [0.05, 0.1) is 12.0 Å². The number of para-hydroxylation sites is 1. The Labute approximate surface area is 145 Å². The van der Waals surface area contributed by atoms with Crippen LogP contribution in [0.3, 0.4) is 0 Å². The van der Waals surface area contributed by atoms with E-state index in [1.807, 2.05) is 24.3 Å². The molecule has 0 saturated carbocycles. The van der Waals surface area contributed by atoms with Crippen LogP contribution in [0.1, 0.15) is 17.9 Å². The number of methoxy groups -OCH3 is 1. The number of hydrogen-bond donors (Lipinski definition) is 1. The Hall–Kier alpha value is -3.09. The number of ether oxygens (including phenoxy) is 1. The maximum Gasteiger partial charge on any atom is 0.321 e. The molecule has 0 radical (unpaired) electrons. The van der Waals surface area contributed by atoms with Crippen molar-refractivity contribution in [3.8, 4) is 5.75 Å². The topological polar surface area (TPSA) is 84.7 Å². The first-order valence-corrected chi connectivity index (χ1v) is 8.02. The first-order valence-electron chi connectivity index (χ1n) is 8.02. The van der Waals surface area contributed by atoms with E-state index in [0.29, 0.717) is 18.8 Å². The van der Waals surface area contributed by atoms with Crippen LogP contribution in [0.5, 0.6) is 5.75 Å². The number of amides is 2. The van der Waals surface area contributed by atoms with Gasteiger partial charge >= 0.3 is 6.03 Å². The molecule has 1 aliphatic heterocycles. The standard InChI is InChI=1S/C18H19N3O4/c1-25-17-5-3-2-4-16(17)13-10-11-20(12-13)18(22)19-14-6-8-15(9-7-14)21(23)24/h2-9,13H,10-12H2,1H3,(H,19,22)/t13-/m0/s1. The number of rotatable bonds is 4. The van der Waals surface area contributed by atoms with Gasteiger partial charge in [-0.1, -0.05) is 18.2 Å². The fourth-order valence-electron chi connectivity index (χ4n) is 3.07. The SMILES string of the molecule is COc1ccccc1[C@H]1CCN(C(=O)Nc2ccc([N+](=O)[O-])cc2)C1. The third-order valence-corrected chi connectivity index (χ3v) is 4.38. The Morgan fingerprint density at radius 2 is 1.96 bits per heavy atom. The Morgan fingerprint density at radius 3 is 2.64 bits per heavy atom. The zero-order valence-electron chi connectivity index (χ0n) is 13.8. The number of carbonyl (C=O) groups excluding carboxylic acids is 1. The van der Waals surface area contributed by atoms with Gasteiger partial charge in [-0.3, -0.25) is 10.1 Å². The van der Waals surface area contributed by atoms with E-state index in [1.54, 1.807) is 12.0 Å². The second-order valence-corrected chi connectivity index (χ2v) is 5.91. The number of non-ortho nitro benzene ring substituents is 1. The Kier molecular flexibility index (Phi) is 4.83. The molecule has 2 amide bonds. The largest absolute Gasteiger partial charge is 0.496 e. The van der Waals surface area contributed by atoms with Crippen LogP contribution in [0.15, 0.2) is 48.5 Å². The van der Waals surface area contributed by atoms with Crippen LogP contribution in [0.2, 0.25) is 0 Å². The number of carbonyl (C=O) groups is 1. The molecule has 2 aromatic rings. The first kappa shape index (κ1) is 16.8. The lowest BCUT2D eigenvalue weighted by Crippen LogP contribution is -2.32. The van der Waals surface area contributed by atoms with Crippen LogP contribution in [-0.4, -0.2) is 36.1 Å². The molecule has 7 heteroatoms. The van der Waals surface area contributed by atoms with Crippen molar-refractivity contribution in [3.05, 3.63) is 64.2 Å². The summed E-state index contributed by atoms with van der Waals surface area (Å²) in [5.74, 6) is 1.07. The molecular weight excluding hydrogens is 322 g/mol. The molecule has 1 N–H and O–H groups in total. The molecule has 0 unspecified atom stereocenters. The Morgan fingerprint density at radius 1 is 1.24 bits per heavy atom. The molecular formula is C18H19N3O4. The average Bonchev–Trinajstić information content (AvgIpc) is 3.12. The van der Waals surface area contributed by atoms with Crippen molar-refractivity contribution >= 4 is 17.4 Å². The minimum atomic E-state index is -0.468. The number of nitrogens with one attached hydrogen (secondary N) is 1. The highest BCUT2D eigenvalue weighted by atomic mass is 16.6. The van der Waals surface area contributed by atoms with E-state index in [1.165, 1.54) is 24.3 Å². The van der Waals surface area contributed by atoms with Crippen LogP contribution in [0, 0.1) is 10.1 Å². The molecule has 0 spiro atoms. The predicted octanol–water partition coefficient (Wildman–Crippen LogP) is 3.62. The summed E-state index contributed by atoms with van der Waals surface area (Å²) in [6.07, 6.45) is 0.869. The summed E-state index contributed by atoms with van der Waals surface area (Å²) >= 11 is 0. The monoisotopic (exact) mass is 341 g/mol. The van der Waals surface area contributed by atoms with Gasteiger partial charge in [0, 0.05) is 36.8 Å². The highest BCUT2D eigenvalue weighted by Crippen LogP contribution is 2.33. The summed E-state index contributed by atoms with van der Waals surface area (Å²) in [6, 6.07) is 13.5. The number of nitrogens with zero attached hydrogens (tertiary/aromatic N) is 2. The van der Waals surface area contributed by atoms with Gasteiger partial charge in [0.25, 0.3) is 5.69 Å². The number of nitro groups is 1. The predicted molar refractivity (Wildman–Crippen MR) is 94.0 cm³/mol. The molecule has 2 aromatic carbocycles. The molecule has 25 heavy (non-hydrogen) atoms. The second-order valence-electron chi connectivity index (χ2n) is 5.91. The summed E-state index contributed by atoms with van der Waals surface area (Å²) in [5, 5.41) is 13.5. The van der Waals surface area contributed by atoms with E-state index in [4.69, 9.17) is 4.74 Å². The summed E-state index contributed by atoms with van der Waals surface area (Å²) < 4.78 is 5.41. The molecule has 1 fully saturated rings. The van der Waals surface area contributed by atoms with Crippen molar-refractivity contribution < 1.29 is 14.5 Å². The molecule has 1 aliphatic rings. The van der Waals surface area contributed by atoms with E-state index in [-0.39, 0.29) is 17.6 Å². The summed E-state index contributed by atoms with van der Waals surface area (Å²) in [6.45, 7) is 1.26. The van der Waals surface area contributed by atoms with E-state index >= 15 is 0 Å². The van der Waals surface area contributed by atoms with Gasteiger partial charge in [0.1, 0.15) is 5.75 Å². The Balaban J connectivity index is 1.63. The van der Waals surface area contributed by atoms with E-state index < -0.39 is 4.92 Å². The number of urea groups is 1. The molecule has 0 aromatic heterocycles. The van der Waals surface area contributed by atoms with Crippen molar-refractivity contribution in [2.75, 3.05) is 25.5 Å². The van der Waals surface area contributed by atoms with Gasteiger partial charge in [0.15, 0.2) is 0 Å². The van der Waals surface area contributed by atoms with E-state index in [0.717, 1.165) is 17.7 Å². The lowest BCUT2D eigenvalue weighted by atomic mass is 9.97. The average molecular weight is 341 g/mol. The fourth-order valence-corrected chi connectivity index (χ4v) is 3.07. The maximum absolute atomic E-state index is 12.4. The minimum Gasteiger partial charge on any atom is -0.496 e. The third kappa shape index (κ3) is 3.71. The number of benzene rings is 2. The van der Waals surface area contributed by atoms with Gasteiger partial charge < -0.3 is 15.0 Å². The molecule has 3 rings (SSSR count). The molecule has 130 valence electrons. The van der Waals surface area contributed by atoms with Crippen LogP contribution < -0.4 is 10.1 Å². The molecule has 0 aliphatic carbocycles. The highest BCUT2D eigenvalue weighted by Gasteiger charge is 2.29. The van der Waals surface area contributed by atoms with Crippen LogP contribution in [0.25, 0.3) is 0 Å². The highest BCUT2D eigenvalue weighted by molar-refractivity contribution is 5.89. The lowest BCUT2D eigenvalue weighted by molar-refractivity contribution is -0.384. The zero-order valence-corrected chi connectivity index (χ0v) is 13.8. The second kappa shape index (κ2) is 7.21. The number of anilines is 1. The molecule has 1 heterocycles. The summed E-state index contributed by atoms with van der Waals surface area (Å²) in [4.78, 5) is 24.4. The summed E-state index contributed by atoms with van der Waals surface area (Å²) in [7, 11) is 1.65. The smallest absolute Gasteiger partial charge is 0.321 e. The van der Waals surface area contributed by atoms with Crippen molar-refractivity contribution in [2.45, 2.75) is 12.3 Å². The maximum atomic E-state index is 12.4. The van der Waals surface area contributed by atoms with Crippen molar-refractivity contribution in [1.29, 1.82) is 0 Å². The van der Waals surface area contributed by atoms with Gasteiger partial charge in [-0.2, -0.15) is 0 Å². The number of nitro benzene ring substituents is 1. The quantitative estimate of drug-likeness (QED) is 0.680. The Bertz CT molecular complexity index is 776. The van der Waals surface area contributed by atoms with E-state index in [9.17, 15) is 14.9 Å². The number of likely N-dealkylation sites (tertiary alicyclic amines) is 1. The van der Waals surface area contributed by atoms with Crippen LogP contribution in [0.4, 0.5) is 16.2 Å². The molecule has 0 bridgehead atoms. The number of hydrogen-bond acceptors (Lipinski definition) is 4. The van der Waals surface area contributed by atoms with E-state index in [2.05, 4.69) is 5.32 Å². The first-order chi connectivity index (χ1) is 12.1. The van der Waals surface area contributed by atoms with Gasteiger partial charge in [-0.15, -0.1) is 0 Å². The lowest BCUT2D eigenvalue weighted by Gasteiger charge is -2.18. The van der Waals surface area contributed by atoms with Crippen molar-refractivity contribution in [1.82, 2.24) is 4.90 Å². The van der Waals surface area contributed by atoms with Crippen LogP contribution in [-0.2, 0) is 0 Å².